The first-order chi connectivity index (χ1) is 15.1. The summed E-state index contributed by atoms with van der Waals surface area (Å²) in [6.45, 7) is 0.514. The van der Waals surface area contributed by atoms with Crippen molar-refractivity contribution in [3.63, 3.8) is 0 Å². The lowest BCUT2D eigenvalue weighted by Crippen LogP contribution is -2.58. The number of ether oxygens (including phenoxy) is 1. The molecule has 0 spiro atoms. The molecule has 1 fully saturated rings. The summed E-state index contributed by atoms with van der Waals surface area (Å²) in [6.07, 6.45) is 0.793. The number of anilines is 1. The Morgan fingerprint density at radius 1 is 1.06 bits per heavy atom. The van der Waals surface area contributed by atoms with E-state index in [1.54, 1.807) is 24.3 Å². The predicted octanol–water partition coefficient (Wildman–Crippen LogP) is 0.572. The molecule has 0 saturated carbocycles. The molecule has 11 heteroatoms. The van der Waals surface area contributed by atoms with Gasteiger partial charge in [0.15, 0.2) is 0 Å². The van der Waals surface area contributed by atoms with Gasteiger partial charge in [0.1, 0.15) is 18.3 Å². The topological polar surface area (TPSA) is 169 Å². The normalized spacial score (nSPS) is 25.7. The maximum atomic E-state index is 11.9. The van der Waals surface area contributed by atoms with E-state index in [2.05, 4.69) is 16.6 Å². The van der Waals surface area contributed by atoms with Gasteiger partial charge in [0.2, 0.25) is 0 Å². The largest absolute Gasteiger partial charge is 0.388 e. The van der Waals surface area contributed by atoms with Crippen molar-refractivity contribution in [2.75, 3.05) is 18.0 Å². The Morgan fingerprint density at radius 3 is 2.34 bits per heavy atom. The fraction of sp³-hybridized carbons (Fsp3) is 0.571. The number of hydrogen-bond acceptors (Lipinski definition) is 6. The number of nitrogens with one attached hydrogen (secondary N) is 2. The highest BCUT2D eigenvalue weighted by Crippen LogP contribution is 2.37. The van der Waals surface area contributed by atoms with Crippen molar-refractivity contribution in [2.24, 2.45) is 0 Å². The van der Waals surface area contributed by atoms with E-state index < -0.39 is 44.3 Å². The molecule has 0 radical (unpaired) electrons. The molecule has 1 saturated heterocycles. The number of carbonyl (C=O) groups is 1. The van der Waals surface area contributed by atoms with Crippen molar-refractivity contribution in [1.29, 1.82) is 0 Å². The van der Waals surface area contributed by atoms with Crippen LogP contribution < -0.4 is 10.6 Å². The molecule has 2 rings (SSSR count). The van der Waals surface area contributed by atoms with Crippen LogP contribution >= 0.6 is 7.60 Å². The van der Waals surface area contributed by atoms with E-state index in [0.717, 1.165) is 18.4 Å². The number of aliphatic hydroxyl groups is 3. The molecule has 1 aromatic rings. The fourth-order valence-corrected chi connectivity index (χ4v) is 4.01. The minimum atomic E-state index is -4.29. The van der Waals surface area contributed by atoms with Gasteiger partial charge >= 0.3 is 13.6 Å². The molecule has 5 atom stereocenters. The van der Waals surface area contributed by atoms with E-state index in [-0.39, 0.29) is 18.9 Å². The summed E-state index contributed by atoms with van der Waals surface area (Å²) in [7, 11) is -4.29. The van der Waals surface area contributed by atoms with E-state index in [0.29, 0.717) is 18.7 Å². The second-order valence-electron chi connectivity index (χ2n) is 7.80. The number of hydrogen-bond donors (Lipinski definition) is 7. The summed E-state index contributed by atoms with van der Waals surface area (Å²) in [5.74, 6) is 2.54. The quantitative estimate of drug-likeness (QED) is 0.148. The monoisotopic (exact) mass is 470 g/mol. The van der Waals surface area contributed by atoms with Crippen molar-refractivity contribution >= 4 is 19.3 Å². The summed E-state index contributed by atoms with van der Waals surface area (Å²) in [5.41, 5.74) is 1.31. The Balaban J connectivity index is 1.89. The minimum absolute atomic E-state index is 0.160. The molecular weight excluding hydrogens is 439 g/mol. The van der Waals surface area contributed by atoms with Crippen molar-refractivity contribution in [2.45, 2.75) is 62.6 Å². The molecule has 0 aromatic heterocycles. The Bertz CT molecular complexity index is 822. The molecule has 1 aliphatic rings. The Morgan fingerprint density at radius 2 is 1.72 bits per heavy atom. The molecule has 0 unspecified atom stereocenters. The first kappa shape index (κ1) is 26.3. The molecule has 7 N–H and O–H groups in total. The first-order valence-corrected chi connectivity index (χ1v) is 12.2. The SMILES string of the molecule is C#CCCCCNC(=O)Nc1ccc(C[C@H]2O[C@H](CCP(=O)(O)O)[C@@H](O)[C@H](O)[C@@H]2O)cc1. The maximum absolute atomic E-state index is 11.9. The van der Waals surface area contributed by atoms with Gasteiger partial charge in [-0.1, -0.05) is 12.1 Å². The smallest absolute Gasteiger partial charge is 0.325 e. The fourth-order valence-electron chi connectivity index (χ4n) is 3.42. The average Bonchev–Trinajstić information content (AvgIpc) is 2.74. The second kappa shape index (κ2) is 12.3. The van der Waals surface area contributed by atoms with Gasteiger partial charge in [-0.05, 0) is 37.0 Å². The van der Waals surface area contributed by atoms with Gasteiger partial charge in [0.05, 0.1) is 18.4 Å². The lowest BCUT2D eigenvalue weighted by atomic mass is 9.90. The van der Waals surface area contributed by atoms with Crippen LogP contribution in [0.2, 0.25) is 0 Å². The molecule has 0 bridgehead atoms. The summed E-state index contributed by atoms with van der Waals surface area (Å²) >= 11 is 0. The third-order valence-corrected chi connectivity index (χ3v) is 6.04. The molecule has 1 aliphatic heterocycles. The molecule has 2 amide bonds. The number of unbranched alkanes of at least 4 members (excludes halogenated alkanes) is 2. The van der Waals surface area contributed by atoms with Crippen molar-refractivity contribution < 1.29 is 39.2 Å². The Labute approximate surface area is 187 Å². The van der Waals surface area contributed by atoms with E-state index >= 15 is 0 Å². The molecule has 178 valence electrons. The molecule has 1 heterocycles. The van der Waals surface area contributed by atoms with Gasteiger partial charge in [0, 0.05) is 25.1 Å². The van der Waals surface area contributed by atoms with Gasteiger partial charge in [-0.25, -0.2) is 4.79 Å². The molecular formula is C21H31N2O8P. The van der Waals surface area contributed by atoms with Crippen molar-refractivity contribution in [3.8, 4) is 12.3 Å². The highest BCUT2D eigenvalue weighted by atomic mass is 31.2. The van der Waals surface area contributed by atoms with E-state index in [1.807, 2.05) is 0 Å². The third-order valence-electron chi connectivity index (χ3n) is 5.20. The first-order valence-electron chi connectivity index (χ1n) is 10.4. The Hall–Kier alpha value is -1.96. The summed E-state index contributed by atoms with van der Waals surface area (Å²) in [4.78, 5) is 30.0. The van der Waals surface area contributed by atoms with Crippen molar-refractivity contribution in [1.82, 2.24) is 5.32 Å². The molecule has 32 heavy (non-hydrogen) atoms. The van der Waals surface area contributed by atoms with Crippen LogP contribution in [-0.2, 0) is 15.7 Å². The third kappa shape index (κ3) is 8.52. The number of carbonyl (C=O) groups excluding carboxylic acids is 1. The summed E-state index contributed by atoms with van der Waals surface area (Å²) in [6, 6.07) is 6.47. The number of terminal acetylenes is 1. The zero-order valence-electron chi connectivity index (χ0n) is 17.6. The minimum Gasteiger partial charge on any atom is -0.388 e. The predicted molar refractivity (Wildman–Crippen MR) is 118 cm³/mol. The molecule has 0 aliphatic carbocycles. The van der Waals surface area contributed by atoms with Gasteiger partial charge in [-0.15, -0.1) is 12.3 Å². The van der Waals surface area contributed by atoms with Crippen LogP contribution in [0.3, 0.4) is 0 Å². The van der Waals surface area contributed by atoms with Crippen LogP contribution in [0.1, 0.15) is 31.2 Å². The van der Waals surface area contributed by atoms with Crippen LogP contribution in [0.5, 0.6) is 0 Å². The number of amides is 2. The Kier molecular flexibility index (Phi) is 10.1. The summed E-state index contributed by atoms with van der Waals surface area (Å²) in [5, 5.41) is 35.9. The number of aliphatic hydroxyl groups excluding tert-OH is 3. The number of benzene rings is 1. The highest BCUT2D eigenvalue weighted by molar-refractivity contribution is 7.51. The second-order valence-corrected chi connectivity index (χ2v) is 9.58. The lowest BCUT2D eigenvalue weighted by Gasteiger charge is -2.41. The molecule has 1 aromatic carbocycles. The van der Waals surface area contributed by atoms with Gasteiger partial charge in [-0.2, -0.15) is 0 Å². The summed E-state index contributed by atoms with van der Waals surface area (Å²) < 4.78 is 16.8. The van der Waals surface area contributed by atoms with Crippen LogP contribution in [0.4, 0.5) is 10.5 Å². The zero-order chi connectivity index (χ0) is 23.7. The molecule has 10 nitrogen and oxygen atoms in total. The standard InChI is InChI=1S/C21H31N2O8P/c1-2-3-4-5-11-22-21(27)23-15-8-6-14(7-9-15)13-17-19(25)20(26)18(24)16(31-17)10-12-32(28,29)30/h1,6-9,16-20,24-26H,3-5,10-13H2,(H2,22,23,27)(H2,28,29,30)/t16-,17-,18-,19-,20+/m1/s1. The highest BCUT2D eigenvalue weighted by Gasteiger charge is 2.43. The van der Waals surface area contributed by atoms with Crippen LogP contribution in [0.25, 0.3) is 0 Å². The maximum Gasteiger partial charge on any atom is 0.325 e. The van der Waals surface area contributed by atoms with E-state index in [9.17, 15) is 24.7 Å². The van der Waals surface area contributed by atoms with Crippen LogP contribution in [-0.4, -0.2) is 74.4 Å². The van der Waals surface area contributed by atoms with Gasteiger partial charge < -0.3 is 40.5 Å². The zero-order valence-corrected chi connectivity index (χ0v) is 18.5. The van der Waals surface area contributed by atoms with Gasteiger partial charge in [0.25, 0.3) is 0 Å². The van der Waals surface area contributed by atoms with Crippen LogP contribution in [0, 0.1) is 12.3 Å². The van der Waals surface area contributed by atoms with E-state index in [4.69, 9.17) is 20.9 Å². The van der Waals surface area contributed by atoms with Crippen molar-refractivity contribution in [3.05, 3.63) is 29.8 Å². The number of urea groups is 1. The average molecular weight is 470 g/mol. The van der Waals surface area contributed by atoms with Gasteiger partial charge in [-0.3, -0.25) is 4.57 Å². The van der Waals surface area contributed by atoms with E-state index in [1.165, 1.54) is 0 Å². The van der Waals surface area contributed by atoms with Crippen LogP contribution in [0.15, 0.2) is 24.3 Å². The number of rotatable bonds is 10. The lowest BCUT2D eigenvalue weighted by molar-refractivity contribution is -0.221.